The first-order valence-electron chi connectivity index (χ1n) is 12.1. The van der Waals surface area contributed by atoms with Crippen LogP contribution in [0.3, 0.4) is 0 Å². The summed E-state index contributed by atoms with van der Waals surface area (Å²) >= 11 is 0. The van der Waals surface area contributed by atoms with Gasteiger partial charge in [0.15, 0.2) is 5.65 Å². The molecular formula is C26H32FN5O2. The van der Waals surface area contributed by atoms with Crippen LogP contribution >= 0.6 is 0 Å². The van der Waals surface area contributed by atoms with E-state index in [2.05, 4.69) is 23.2 Å². The van der Waals surface area contributed by atoms with E-state index in [4.69, 9.17) is 9.72 Å². The molecule has 2 amide bonds. The lowest BCUT2D eigenvalue weighted by molar-refractivity contribution is 0.123. The highest BCUT2D eigenvalue weighted by Gasteiger charge is 2.26. The van der Waals surface area contributed by atoms with Crippen molar-refractivity contribution in [2.45, 2.75) is 33.6 Å². The van der Waals surface area contributed by atoms with Crippen LogP contribution in [0.2, 0.25) is 0 Å². The molecule has 2 fully saturated rings. The molecule has 2 aliphatic rings. The van der Waals surface area contributed by atoms with Gasteiger partial charge in [-0.25, -0.2) is 14.2 Å². The standard InChI is InChI=1S/C26H32FN5O2/c1-4-19-5-6-31(15-19)26(33)29-23-13-21(17(2)11-22(23)27)20-12-24(30-7-9-34-10-8-30)25-28-18(3)14-32(25)16-20/h11-14,16,19H,4-10,15H2,1-3H3,(H,29,33)/t19-/m1/s1. The highest BCUT2D eigenvalue weighted by Crippen LogP contribution is 2.34. The minimum atomic E-state index is -0.422. The Hall–Kier alpha value is -3.13. The molecule has 8 heteroatoms. The van der Waals surface area contributed by atoms with Crippen molar-refractivity contribution in [2.75, 3.05) is 49.6 Å². The van der Waals surface area contributed by atoms with Crippen molar-refractivity contribution in [3.8, 4) is 11.1 Å². The van der Waals surface area contributed by atoms with Crippen LogP contribution in [0.25, 0.3) is 16.8 Å². The second kappa shape index (κ2) is 9.25. The normalized spacial score (nSPS) is 18.6. The summed E-state index contributed by atoms with van der Waals surface area (Å²) in [6.07, 6.45) is 6.08. The Morgan fingerprint density at radius 3 is 2.71 bits per heavy atom. The van der Waals surface area contributed by atoms with E-state index in [1.54, 1.807) is 11.0 Å². The average molecular weight is 466 g/mol. The van der Waals surface area contributed by atoms with Gasteiger partial charge in [-0.3, -0.25) is 0 Å². The summed E-state index contributed by atoms with van der Waals surface area (Å²) in [5.41, 5.74) is 5.72. The first-order chi connectivity index (χ1) is 16.4. The molecule has 0 bridgehead atoms. The van der Waals surface area contributed by atoms with E-state index in [9.17, 15) is 9.18 Å². The molecule has 34 heavy (non-hydrogen) atoms. The number of rotatable bonds is 4. The number of imidazole rings is 1. The zero-order valence-electron chi connectivity index (χ0n) is 20.1. The first kappa shape index (κ1) is 22.7. The third kappa shape index (κ3) is 4.34. The number of amides is 2. The van der Waals surface area contributed by atoms with Crippen LogP contribution < -0.4 is 10.2 Å². The number of carbonyl (C=O) groups excluding carboxylic acids is 1. The third-order valence-corrected chi connectivity index (χ3v) is 7.02. The quantitative estimate of drug-likeness (QED) is 0.598. The molecule has 2 aromatic heterocycles. The summed E-state index contributed by atoms with van der Waals surface area (Å²) in [5.74, 6) is 0.0990. The highest BCUT2D eigenvalue weighted by molar-refractivity contribution is 5.91. The van der Waals surface area contributed by atoms with Gasteiger partial charge in [-0.05, 0) is 55.5 Å². The lowest BCUT2D eigenvalue weighted by Crippen LogP contribution is -2.36. The maximum Gasteiger partial charge on any atom is 0.321 e. The van der Waals surface area contributed by atoms with E-state index >= 15 is 0 Å². The number of ether oxygens (including phenoxy) is 1. The van der Waals surface area contributed by atoms with Crippen LogP contribution in [0, 0.1) is 25.6 Å². The zero-order valence-corrected chi connectivity index (χ0v) is 20.1. The number of morpholine rings is 1. The smallest absolute Gasteiger partial charge is 0.321 e. The van der Waals surface area contributed by atoms with Crippen molar-refractivity contribution in [1.29, 1.82) is 0 Å². The van der Waals surface area contributed by atoms with E-state index < -0.39 is 5.82 Å². The predicted molar refractivity (Wildman–Crippen MR) is 132 cm³/mol. The highest BCUT2D eigenvalue weighted by atomic mass is 19.1. The van der Waals surface area contributed by atoms with Crippen molar-refractivity contribution in [3.05, 3.63) is 47.7 Å². The number of benzene rings is 1. The van der Waals surface area contributed by atoms with Gasteiger partial charge in [0.25, 0.3) is 0 Å². The van der Waals surface area contributed by atoms with Gasteiger partial charge < -0.3 is 24.3 Å². The molecule has 0 unspecified atom stereocenters. The van der Waals surface area contributed by atoms with Gasteiger partial charge >= 0.3 is 6.03 Å². The third-order valence-electron chi connectivity index (χ3n) is 7.02. The molecule has 1 aromatic carbocycles. The maximum absolute atomic E-state index is 14.9. The minimum Gasteiger partial charge on any atom is -0.378 e. The number of nitrogens with zero attached hydrogens (tertiary/aromatic N) is 4. The minimum absolute atomic E-state index is 0.209. The Kier molecular flexibility index (Phi) is 6.16. The molecule has 180 valence electrons. The number of aromatic nitrogens is 2. The topological polar surface area (TPSA) is 62.1 Å². The largest absolute Gasteiger partial charge is 0.378 e. The molecule has 3 aromatic rings. The summed E-state index contributed by atoms with van der Waals surface area (Å²) in [7, 11) is 0. The Bertz CT molecular complexity index is 1220. The van der Waals surface area contributed by atoms with E-state index in [0.29, 0.717) is 25.7 Å². The van der Waals surface area contributed by atoms with E-state index in [0.717, 1.165) is 66.2 Å². The van der Waals surface area contributed by atoms with Gasteiger partial charge in [0.1, 0.15) is 5.82 Å². The molecule has 0 spiro atoms. The Balaban J connectivity index is 1.51. The molecule has 1 atom stereocenters. The van der Waals surface area contributed by atoms with Crippen molar-refractivity contribution >= 4 is 23.1 Å². The van der Waals surface area contributed by atoms with Gasteiger partial charge in [-0.2, -0.15) is 0 Å². The summed E-state index contributed by atoms with van der Waals surface area (Å²) in [5, 5.41) is 2.82. The van der Waals surface area contributed by atoms with Crippen LogP contribution in [0.4, 0.5) is 20.6 Å². The number of halogens is 1. The van der Waals surface area contributed by atoms with Crippen molar-refractivity contribution in [1.82, 2.24) is 14.3 Å². The predicted octanol–water partition coefficient (Wildman–Crippen LogP) is 4.86. The number of urea groups is 1. The van der Waals surface area contributed by atoms with Crippen LogP contribution in [0.1, 0.15) is 31.0 Å². The number of anilines is 2. The van der Waals surface area contributed by atoms with Gasteiger partial charge in [-0.15, -0.1) is 0 Å². The summed E-state index contributed by atoms with van der Waals surface area (Å²) in [6.45, 7) is 10.4. The molecule has 0 radical (unpaired) electrons. The molecule has 2 aliphatic heterocycles. The van der Waals surface area contributed by atoms with E-state index in [1.165, 1.54) is 6.07 Å². The van der Waals surface area contributed by atoms with Gasteiger partial charge in [0.2, 0.25) is 0 Å². The fourth-order valence-electron chi connectivity index (χ4n) is 5.01. The number of likely N-dealkylation sites (tertiary alicyclic amines) is 1. The van der Waals surface area contributed by atoms with Gasteiger partial charge in [-0.1, -0.05) is 13.3 Å². The molecule has 4 heterocycles. The Labute approximate surface area is 199 Å². The summed E-state index contributed by atoms with van der Waals surface area (Å²) in [6, 6.07) is 5.14. The van der Waals surface area contributed by atoms with Crippen LogP contribution in [-0.2, 0) is 4.74 Å². The lowest BCUT2D eigenvalue weighted by Gasteiger charge is -2.29. The molecule has 1 N–H and O–H groups in total. The summed E-state index contributed by atoms with van der Waals surface area (Å²) < 4.78 is 22.5. The zero-order chi connectivity index (χ0) is 23.8. The fourth-order valence-corrected chi connectivity index (χ4v) is 5.01. The van der Waals surface area contributed by atoms with Gasteiger partial charge in [0, 0.05) is 44.1 Å². The Morgan fingerprint density at radius 2 is 1.97 bits per heavy atom. The van der Waals surface area contributed by atoms with Crippen LogP contribution in [0.15, 0.2) is 30.6 Å². The number of hydrogen-bond acceptors (Lipinski definition) is 4. The number of carbonyl (C=O) groups is 1. The number of nitrogens with one attached hydrogen (secondary N) is 1. The molecule has 2 saturated heterocycles. The molecule has 0 saturated carbocycles. The maximum atomic E-state index is 14.9. The molecule has 7 nitrogen and oxygen atoms in total. The number of aryl methyl sites for hydroxylation is 2. The summed E-state index contributed by atoms with van der Waals surface area (Å²) in [4.78, 5) is 21.6. The monoisotopic (exact) mass is 465 g/mol. The second-order valence-corrected chi connectivity index (χ2v) is 9.41. The van der Waals surface area contributed by atoms with Crippen molar-refractivity contribution in [2.24, 2.45) is 5.92 Å². The number of hydrogen-bond donors (Lipinski definition) is 1. The van der Waals surface area contributed by atoms with Gasteiger partial charge in [0.05, 0.1) is 30.3 Å². The van der Waals surface area contributed by atoms with Crippen LogP contribution in [0.5, 0.6) is 0 Å². The van der Waals surface area contributed by atoms with E-state index in [-0.39, 0.29) is 11.7 Å². The average Bonchev–Trinajstić information content (AvgIpc) is 3.46. The van der Waals surface area contributed by atoms with E-state index in [1.807, 2.05) is 30.6 Å². The lowest BCUT2D eigenvalue weighted by atomic mass is 10.00. The SMILES string of the molecule is CC[C@@H]1CCN(C(=O)Nc2cc(-c3cc(N4CCOCC4)c4nc(C)cn4c3)c(C)cc2F)C1. The second-order valence-electron chi connectivity index (χ2n) is 9.41. The Morgan fingerprint density at radius 1 is 1.18 bits per heavy atom. The first-order valence-corrected chi connectivity index (χ1v) is 12.1. The fraction of sp³-hybridized carbons (Fsp3) is 0.462. The molecule has 5 rings (SSSR count). The molecule has 0 aliphatic carbocycles. The number of pyridine rings is 1. The van der Waals surface area contributed by atoms with Crippen molar-refractivity contribution < 1.29 is 13.9 Å². The van der Waals surface area contributed by atoms with Crippen LogP contribution in [-0.4, -0.2) is 59.7 Å². The van der Waals surface area contributed by atoms with Crippen molar-refractivity contribution in [3.63, 3.8) is 0 Å². The molecular weight excluding hydrogens is 433 g/mol. The number of fused-ring (bicyclic) bond motifs is 1.